The van der Waals surface area contributed by atoms with E-state index in [1.807, 2.05) is 5.32 Å². The fraction of sp³-hybridized carbons (Fsp3) is 0.200. The molecular formula is C10H11NO7. The van der Waals surface area contributed by atoms with Gasteiger partial charge in [0.2, 0.25) is 5.75 Å². The molecule has 1 aromatic carbocycles. The Kier molecular flexibility index (Phi) is 3.82. The normalized spacial score (nSPS) is 9.83. The van der Waals surface area contributed by atoms with E-state index >= 15 is 0 Å². The predicted molar refractivity (Wildman–Crippen MR) is 58.4 cm³/mol. The standard InChI is InChI=1S/C10H11NO7/c1-2-18-10(17)9(16)11-6-4(12)3-5(13)7(14)8(6)15/h3,12-15H,2H2,1H3,(H,11,16). The number of nitrogens with one attached hydrogen (secondary N) is 1. The average molecular weight is 257 g/mol. The molecule has 0 unspecified atom stereocenters. The summed E-state index contributed by atoms with van der Waals surface area (Å²) >= 11 is 0. The van der Waals surface area contributed by atoms with E-state index in [0.717, 1.165) is 0 Å². The van der Waals surface area contributed by atoms with Gasteiger partial charge in [0.05, 0.1) is 6.61 Å². The molecule has 1 amide bonds. The second-order valence-electron chi connectivity index (χ2n) is 3.16. The third-order valence-corrected chi connectivity index (χ3v) is 1.93. The fourth-order valence-corrected chi connectivity index (χ4v) is 1.12. The van der Waals surface area contributed by atoms with Crippen LogP contribution in [0.2, 0.25) is 0 Å². The molecule has 0 radical (unpaired) electrons. The van der Waals surface area contributed by atoms with Crippen molar-refractivity contribution in [3.8, 4) is 23.0 Å². The first kappa shape index (κ1) is 13.4. The van der Waals surface area contributed by atoms with Crippen LogP contribution < -0.4 is 5.32 Å². The zero-order chi connectivity index (χ0) is 13.9. The van der Waals surface area contributed by atoms with E-state index in [2.05, 4.69) is 4.74 Å². The molecule has 5 N–H and O–H groups in total. The lowest BCUT2D eigenvalue weighted by Gasteiger charge is -2.10. The highest BCUT2D eigenvalue weighted by molar-refractivity contribution is 6.37. The summed E-state index contributed by atoms with van der Waals surface area (Å²) < 4.78 is 4.38. The Bertz CT molecular complexity index is 497. The van der Waals surface area contributed by atoms with Crippen LogP contribution in [0.1, 0.15) is 6.92 Å². The van der Waals surface area contributed by atoms with Crippen LogP contribution in [0, 0.1) is 0 Å². The number of anilines is 1. The van der Waals surface area contributed by atoms with Crippen molar-refractivity contribution in [3.63, 3.8) is 0 Å². The predicted octanol–water partition coefficient (Wildman–Crippen LogP) is 0.0106. The molecule has 0 bridgehead atoms. The average Bonchev–Trinajstić information content (AvgIpc) is 2.32. The maximum atomic E-state index is 11.3. The van der Waals surface area contributed by atoms with Gasteiger partial charge in [-0.3, -0.25) is 4.79 Å². The third-order valence-electron chi connectivity index (χ3n) is 1.93. The molecule has 18 heavy (non-hydrogen) atoms. The molecule has 1 rings (SSSR count). The quantitative estimate of drug-likeness (QED) is 0.218. The van der Waals surface area contributed by atoms with Crippen molar-refractivity contribution in [2.75, 3.05) is 11.9 Å². The number of hydrogen-bond donors (Lipinski definition) is 5. The van der Waals surface area contributed by atoms with Crippen molar-refractivity contribution in [1.29, 1.82) is 0 Å². The number of carbonyl (C=O) groups is 2. The van der Waals surface area contributed by atoms with Crippen molar-refractivity contribution >= 4 is 17.6 Å². The smallest absolute Gasteiger partial charge is 0.397 e. The Morgan fingerprint density at radius 1 is 1.17 bits per heavy atom. The third kappa shape index (κ3) is 2.54. The van der Waals surface area contributed by atoms with Gasteiger partial charge in [0.25, 0.3) is 0 Å². The summed E-state index contributed by atoms with van der Waals surface area (Å²) in [6.07, 6.45) is 0. The van der Waals surface area contributed by atoms with Crippen molar-refractivity contribution in [3.05, 3.63) is 6.07 Å². The molecule has 0 aliphatic rings. The molecule has 0 fully saturated rings. The Labute approximate surface area is 101 Å². The van der Waals surface area contributed by atoms with E-state index in [0.29, 0.717) is 6.07 Å². The fourth-order valence-electron chi connectivity index (χ4n) is 1.12. The van der Waals surface area contributed by atoms with Gasteiger partial charge in [0.1, 0.15) is 11.4 Å². The van der Waals surface area contributed by atoms with Crippen molar-refractivity contribution < 1.29 is 34.8 Å². The summed E-state index contributed by atoms with van der Waals surface area (Å²) in [6.45, 7) is 1.47. The number of esters is 1. The first-order chi connectivity index (χ1) is 8.38. The van der Waals surface area contributed by atoms with Crippen LogP contribution in [-0.2, 0) is 14.3 Å². The lowest BCUT2D eigenvalue weighted by atomic mass is 10.2. The molecular weight excluding hydrogens is 246 g/mol. The van der Waals surface area contributed by atoms with Gasteiger partial charge in [0.15, 0.2) is 11.5 Å². The van der Waals surface area contributed by atoms with Crippen LogP contribution in [-0.4, -0.2) is 38.9 Å². The van der Waals surface area contributed by atoms with Gasteiger partial charge in [-0.2, -0.15) is 0 Å². The van der Waals surface area contributed by atoms with Crippen molar-refractivity contribution in [2.45, 2.75) is 6.92 Å². The molecule has 8 heteroatoms. The summed E-state index contributed by atoms with van der Waals surface area (Å²) in [4.78, 5) is 22.3. The number of rotatable bonds is 2. The number of hydrogen-bond acceptors (Lipinski definition) is 7. The Hall–Kier alpha value is -2.64. The topological polar surface area (TPSA) is 136 Å². The molecule has 0 spiro atoms. The lowest BCUT2D eigenvalue weighted by Crippen LogP contribution is -2.25. The summed E-state index contributed by atoms with van der Waals surface area (Å²) in [6, 6.07) is 0.690. The van der Waals surface area contributed by atoms with Crippen LogP contribution in [0.25, 0.3) is 0 Å². The monoisotopic (exact) mass is 257 g/mol. The second kappa shape index (κ2) is 5.13. The van der Waals surface area contributed by atoms with Gasteiger partial charge < -0.3 is 30.5 Å². The van der Waals surface area contributed by atoms with E-state index in [1.54, 1.807) is 0 Å². The van der Waals surface area contributed by atoms with Crippen molar-refractivity contribution in [1.82, 2.24) is 0 Å². The highest BCUT2D eigenvalue weighted by atomic mass is 16.5. The maximum Gasteiger partial charge on any atom is 0.397 e. The highest BCUT2D eigenvalue weighted by Crippen LogP contribution is 2.46. The number of benzene rings is 1. The summed E-state index contributed by atoms with van der Waals surface area (Å²) in [5, 5.41) is 38.8. The minimum absolute atomic E-state index is 0.0228. The molecule has 98 valence electrons. The van der Waals surface area contributed by atoms with E-state index in [4.69, 9.17) is 5.11 Å². The lowest BCUT2D eigenvalue weighted by molar-refractivity contribution is -0.152. The summed E-state index contributed by atoms with van der Waals surface area (Å²) in [5.74, 6) is -5.87. The molecule has 0 saturated carbocycles. The van der Waals surface area contributed by atoms with Gasteiger partial charge in [-0.1, -0.05) is 0 Å². The Morgan fingerprint density at radius 3 is 2.33 bits per heavy atom. The molecule has 0 saturated heterocycles. The minimum Gasteiger partial charge on any atom is -0.505 e. The van der Waals surface area contributed by atoms with Gasteiger partial charge in [-0.05, 0) is 6.92 Å². The van der Waals surface area contributed by atoms with Gasteiger partial charge >= 0.3 is 11.9 Å². The second-order valence-corrected chi connectivity index (χ2v) is 3.16. The Morgan fingerprint density at radius 2 is 1.78 bits per heavy atom. The number of amides is 1. The maximum absolute atomic E-state index is 11.3. The molecule has 0 atom stereocenters. The molecule has 0 heterocycles. The van der Waals surface area contributed by atoms with Gasteiger partial charge in [-0.15, -0.1) is 0 Å². The minimum atomic E-state index is -1.24. The summed E-state index contributed by atoms with van der Waals surface area (Å²) in [5.41, 5.74) is -0.608. The molecule has 0 aliphatic heterocycles. The number of aromatic hydroxyl groups is 4. The van der Waals surface area contributed by atoms with E-state index in [1.165, 1.54) is 6.92 Å². The Balaban J connectivity index is 3.02. The number of phenolic OH excluding ortho intramolecular Hbond substituents is 4. The highest BCUT2D eigenvalue weighted by Gasteiger charge is 2.22. The number of phenols is 4. The van der Waals surface area contributed by atoms with Crippen LogP contribution >= 0.6 is 0 Å². The van der Waals surface area contributed by atoms with Gasteiger partial charge in [0, 0.05) is 6.07 Å². The largest absolute Gasteiger partial charge is 0.505 e. The zero-order valence-electron chi connectivity index (χ0n) is 9.30. The first-order valence-electron chi connectivity index (χ1n) is 4.83. The van der Waals surface area contributed by atoms with Crippen LogP contribution in [0.5, 0.6) is 23.0 Å². The van der Waals surface area contributed by atoms with Crippen LogP contribution in [0.15, 0.2) is 6.07 Å². The SMILES string of the molecule is CCOC(=O)C(=O)Nc1c(O)cc(O)c(O)c1O. The zero-order valence-corrected chi connectivity index (χ0v) is 9.30. The number of ether oxygens (including phenoxy) is 1. The molecule has 0 aromatic heterocycles. The van der Waals surface area contributed by atoms with E-state index in [9.17, 15) is 24.9 Å². The molecule has 1 aromatic rings. The van der Waals surface area contributed by atoms with E-state index < -0.39 is 40.6 Å². The van der Waals surface area contributed by atoms with Gasteiger partial charge in [-0.25, -0.2) is 4.79 Å². The van der Waals surface area contributed by atoms with E-state index in [-0.39, 0.29) is 6.61 Å². The van der Waals surface area contributed by atoms with Crippen LogP contribution in [0.3, 0.4) is 0 Å². The summed E-state index contributed by atoms with van der Waals surface area (Å²) in [7, 11) is 0. The van der Waals surface area contributed by atoms with Crippen LogP contribution in [0.4, 0.5) is 5.69 Å². The molecule has 0 aliphatic carbocycles. The molecule has 8 nitrogen and oxygen atoms in total. The first-order valence-corrected chi connectivity index (χ1v) is 4.83. The number of carbonyl (C=O) groups excluding carboxylic acids is 2. The van der Waals surface area contributed by atoms with Crippen molar-refractivity contribution in [2.24, 2.45) is 0 Å².